The van der Waals surface area contributed by atoms with Crippen molar-refractivity contribution in [2.75, 3.05) is 32.8 Å². The van der Waals surface area contributed by atoms with E-state index in [-0.39, 0.29) is 30.5 Å². The Bertz CT molecular complexity index is 936. The number of carbonyl (C=O) groups is 1. The highest BCUT2D eigenvalue weighted by molar-refractivity contribution is 5.78. The molecule has 6 nitrogen and oxygen atoms in total. The lowest BCUT2D eigenvalue weighted by Gasteiger charge is -2.42. The molecular formula is C24H26FN3O3. The van der Waals surface area contributed by atoms with Gasteiger partial charge in [0.2, 0.25) is 5.91 Å². The van der Waals surface area contributed by atoms with Crippen LogP contribution in [0.4, 0.5) is 4.39 Å². The van der Waals surface area contributed by atoms with Crippen molar-refractivity contribution in [3.63, 3.8) is 0 Å². The van der Waals surface area contributed by atoms with Crippen molar-refractivity contribution in [2.24, 2.45) is 0 Å². The summed E-state index contributed by atoms with van der Waals surface area (Å²) in [6.45, 7) is 3.52. The first-order valence-electron chi connectivity index (χ1n) is 10.6. The van der Waals surface area contributed by atoms with Crippen LogP contribution in [-0.4, -0.2) is 60.7 Å². The number of morpholine rings is 1. The summed E-state index contributed by atoms with van der Waals surface area (Å²) in [5, 5.41) is 9.07. The molecule has 0 saturated carbocycles. The maximum Gasteiger partial charge on any atom is 0.248 e. The standard InChI is InChI=1S/C24H26FN3O3/c25-20-4-6-22(7-5-20)30-16-23-15-28(24(29)17-31-23)21-8-10-27(11-9-21)14-19-3-1-2-18(12-19)13-26/h1-7,12,21,23H,8-11,14-17H2. The van der Waals surface area contributed by atoms with Crippen LogP contribution in [0.5, 0.6) is 5.75 Å². The van der Waals surface area contributed by atoms with Gasteiger partial charge < -0.3 is 14.4 Å². The minimum absolute atomic E-state index is 0.0261. The van der Waals surface area contributed by atoms with E-state index in [2.05, 4.69) is 11.0 Å². The Kier molecular flexibility index (Phi) is 6.80. The summed E-state index contributed by atoms with van der Waals surface area (Å²) in [5.41, 5.74) is 1.82. The van der Waals surface area contributed by atoms with E-state index < -0.39 is 0 Å². The fraction of sp³-hybridized carbons (Fsp3) is 0.417. The van der Waals surface area contributed by atoms with Crippen LogP contribution in [0, 0.1) is 17.1 Å². The van der Waals surface area contributed by atoms with E-state index >= 15 is 0 Å². The van der Waals surface area contributed by atoms with E-state index in [9.17, 15) is 9.18 Å². The van der Waals surface area contributed by atoms with Gasteiger partial charge in [-0.3, -0.25) is 9.69 Å². The number of halogens is 1. The van der Waals surface area contributed by atoms with E-state index in [0.717, 1.165) is 38.0 Å². The van der Waals surface area contributed by atoms with Gasteiger partial charge in [0.15, 0.2) is 0 Å². The highest BCUT2D eigenvalue weighted by Gasteiger charge is 2.33. The van der Waals surface area contributed by atoms with Gasteiger partial charge in [0.05, 0.1) is 18.2 Å². The van der Waals surface area contributed by atoms with E-state index in [0.29, 0.717) is 24.5 Å². The average Bonchev–Trinajstić information content (AvgIpc) is 2.80. The van der Waals surface area contributed by atoms with Crippen LogP contribution in [-0.2, 0) is 16.1 Å². The van der Waals surface area contributed by atoms with Crippen LogP contribution in [0.3, 0.4) is 0 Å². The summed E-state index contributed by atoms with van der Waals surface area (Å²) in [5.74, 6) is 0.308. The van der Waals surface area contributed by atoms with Crippen molar-refractivity contribution < 1.29 is 18.7 Å². The number of benzene rings is 2. The lowest BCUT2D eigenvalue weighted by molar-refractivity contribution is -0.155. The Morgan fingerprint density at radius 1 is 1.16 bits per heavy atom. The maximum atomic E-state index is 13.0. The normalized spacial score (nSPS) is 20.5. The topological polar surface area (TPSA) is 65.8 Å². The average molecular weight is 423 g/mol. The number of amides is 1. The Morgan fingerprint density at radius 3 is 2.68 bits per heavy atom. The molecule has 0 spiro atoms. The fourth-order valence-electron chi connectivity index (χ4n) is 4.21. The Hall–Kier alpha value is -2.95. The molecule has 2 saturated heterocycles. The number of hydrogen-bond acceptors (Lipinski definition) is 5. The third-order valence-corrected chi connectivity index (χ3v) is 5.87. The molecule has 2 fully saturated rings. The van der Waals surface area contributed by atoms with Crippen molar-refractivity contribution >= 4 is 5.91 Å². The molecule has 162 valence electrons. The van der Waals surface area contributed by atoms with Gasteiger partial charge in [-0.1, -0.05) is 12.1 Å². The minimum atomic E-state index is -0.304. The first kappa shape index (κ1) is 21.3. The minimum Gasteiger partial charge on any atom is -0.491 e. The van der Waals surface area contributed by atoms with E-state index in [1.54, 1.807) is 12.1 Å². The summed E-state index contributed by atoms with van der Waals surface area (Å²) in [6, 6.07) is 16.0. The van der Waals surface area contributed by atoms with Crippen LogP contribution >= 0.6 is 0 Å². The zero-order chi connectivity index (χ0) is 21.6. The van der Waals surface area contributed by atoms with Gasteiger partial charge in [0.25, 0.3) is 0 Å². The first-order valence-corrected chi connectivity index (χ1v) is 10.6. The van der Waals surface area contributed by atoms with Gasteiger partial charge in [-0.05, 0) is 54.8 Å². The molecular weight excluding hydrogens is 397 g/mol. The molecule has 1 atom stereocenters. The molecule has 0 N–H and O–H groups in total. The highest BCUT2D eigenvalue weighted by atomic mass is 19.1. The van der Waals surface area contributed by atoms with Gasteiger partial charge in [-0.2, -0.15) is 5.26 Å². The van der Waals surface area contributed by atoms with Crippen LogP contribution in [0.15, 0.2) is 48.5 Å². The Labute approximate surface area is 181 Å². The number of likely N-dealkylation sites (tertiary alicyclic amines) is 1. The maximum absolute atomic E-state index is 13.0. The van der Waals surface area contributed by atoms with Crippen LogP contribution < -0.4 is 4.74 Å². The summed E-state index contributed by atoms with van der Waals surface area (Å²) < 4.78 is 24.4. The predicted octanol–water partition coefficient (Wildman–Crippen LogP) is 2.97. The van der Waals surface area contributed by atoms with Crippen molar-refractivity contribution in [2.45, 2.75) is 31.5 Å². The SMILES string of the molecule is N#Cc1cccc(CN2CCC(N3CC(COc4ccc(F)cc4)OCC3=O)CC2)c1. The lowest BCUT2D eigenvalue weighted by Crippen LogP contribution is -2.55. The first-order chi connectivity index (χ1) is 15.1. The highest BCUT2D eigenvalue weighted by Crippen LogP contribution is 2.22. The summed E-state index contributed by atoms with van der Waals surface area (Å²) in [6.07, 6.45) is 1.62. The second-order valence-electron chi connectivity index (χ2n) is 8.06. The van der Waals surface area contributed by atoms with Gasteiger partial charge in [-0.25, -0.2) is 4.39 Å². The second-order valence-corrected chi connectivity index (χ2v) is 8.06. The van der Waals surface area contributed by atoms with Gasteiger partial charge in [0.1, 0.15) is 30.9 Å². The monoisotopic (exact) mass is 423 g/mol. The van der Waals surface area contributed by atoms with Gasteiger partial charge in [-0.15, -0.1) is 0 Å². The number of nitriles is 1. The molecule has 2 aromatic carbocycles. The van der Waals surface area contributed by atoms with Crippen LogP contribution in [0.25, 0.3) is 0 Å². The number of rotatable bonds is 6. The number of nitrogens with zero attached hydrogens (tertiary/aromatic N) is 3. The summed E-state index contributed by atoms with van der Waals surface area (Å²) >= 11 is 0. The molecule has 1 amide bonds. The van der Waals surface area contributed by atoms with E-state index in [4.69, 9.17) is 14.7 Å². The molecule has 0 radical (unpaired) electrons. The summed E-state index contributed by atoms with van der Waals surface area (Å²) in [4.78, 5) is 16.8. The smallest absolute Gasteiger partial charge is 0.248 e. The Morgan fingerprint density at radius 2 is 1.94 bits per heavy atom. The zero-order valence-corrected chi connectivity index (χ0v) is 17.4. The number of hydrogen-bond donors (Lipinski definition) is 0. The molecule has 7 heteroatoms. The molecule has 2 heterocycles. The van der Waals surface area contributed by atoms with E-state index in [1.165, 1.54) is 12.1 Å². The summed E-state index contributed by atoms with van der Waals surface area (Å²) in [7, 11) is 0. The van der Waals surface area contributed by atoms with Crippen LogP contribution in [0.2, 0.25) is 0 Å². The third kappa shape index (κ3) is 5.60. The lowest BCUT2D eigenvalue weighted by atomic mass is 10.0. The number of carbonyl (C=O) groups excluding carboxylic acids is 1. The molecule has 2 aromatic rings. The number of piperidine rings is 1. The van der Waals surface area contributed by atoms with E-state index in [1.807, 2.05) is 29.2 Å². The fourth-order valence-corrected chi connectivity index (χ4v) is 4.21. The van der Waals surface area contributed by atoms with Crippen molar-refractivity contribution in [1.82, 2.24) is 9.80 Å². The Balaban J connectivity index is 1.27. The molecule has 1 unspecified atom stereocenters. The molecule has 0 aliphatic carbocycles. The molecule has 2 aliphatic rings. The van der Waals surface area contributed by atoms with Crippen molar-refractivity contribution in [3.05, 3.63) is 65.5 Å². The van der Waals surface area contributed by atoms with Crippen LogP contribution in [0.1, 0.15) is 24.0 Å². The molecule has 4 rings (SSSR count). The molecule has 31 heavy (non-hydrogen) atoms. The largest absolute Gasteiger partial charge is 0.491 e. The van der Waals surface area contributed by atoms with Gasteiger partial charge >= 0.3 is 0 Å². The molecule has 0 aromatic heterocycles. The predicted molar refractivity (Wildman–Crippen MR) is 113 cm³/mol. The van der Waals surface area contributed by atoms with Crippen molar-refractivity contribution in [1.29, 1.82) is 5.26 Å². The number of ether oxygens (including phenoxy) is 2. The van der Waals surface area contributed by atoms with Crippen molar-refractivity contribution in [3.8, 4) is 11.8 Å². The molecule has 0 bridgehead atoms. The third-order valence-electron chi connectivity index (χ3n) is 5.87. The molecule has 2 aliphatic heterocycles. The quantitative estimate of drug-likeness (QED) is 0.715. The second kappa shape index (κ2) is 9.90. The zero-order valence-electron chi connectivity index (χ0n) is 17.4. The van der Waals surface area contributed by atoms with Gasteiger partial charge in [0, 0.05) is 25.7 Å².